The van der Waals surface area contributed by atoms with Gasteiger partial charge in [-0.3, -0.25) is 9.59 Å². The van der Waals surface area contributed by atoms with Crippen LogP contribution in [0.5, 0.6) is 0 Å². The zero-order valence-electron chi connectivity index (χ0n) is 14.8. The van der Waals surface area contributed by atoms with Gasteiger partial charge in [0.05, 0.1) is 6.61 Å². The van der Waals surface area contributed by atoms with Crippen LogP contribution >= 0.6 is 0 Å². The smallest absolute Gasteiger partial charge is 0.303 e. The van der Waals surface area contributed by atoms with E-state index in [-0.39, 0.29) is 6.61 Å². The normalized spacial score (nSPS) is 33.8. The van der Waals surface area contributed by atoms with Gasteiger partial charge in [0.1, 0.15) is 12.2 Å². The SMILES string of the molecule is CO[C@H]1O[C@@H]2COC(c3ccccc3)O[C@H]2[C@@H](OC(C)=O)[C@H]1OC(C)=O. The number of fused-ring (bicyclic) bond motifs is 1. The average molecular weight is 366 g/mol. The summed E-state index contributed by atoms with van der Waals surface area (Å²) in [5.74, 6) is -1.06. The average Bonchev–Trinajstić information content (AvgIpc) is 2.63. The van der Waals surface area contributed by atoms with E-state index in [0.29, 0.717) is 0 Å². The fraction of sp³-hybridized carbons (Fsp3) is 0.556. The van der Waals surface area contributed by atoms with Crippen molar-refractivity contribution >= 4 is 11.9 Å². The molecule has 1 unspecified atom stereocenters. The van der Waals surface area contributed by atoms with Gasteiger partial charge in [0.2, 0.25) is 0 Å². The molecule has 8 nitrogen and oxygen atoms in total. The summed E-state index contributed by atoms with van der Waals surface area (Å²) in [6.45, 7) is 2.76. The molecule has 0 bridgehead atoms. The minimum Gasteiger partial charge on any atom is -0.455 e. The summed E-state index contributed by atoms with van der Waals surface area (Å²) < 4.78 is 33.6. The Labute approximate surface area is 151 Å². The summed E-state index contributed by atoms with van der Waals surface area (Å²) in [4.78, 5) is 23.1. The zero-order chi connectivity index (χ0) is 18.7. The Balaban J connectivity index is 1.86. The lowest BCUT2D eigenvalue weighted by molar-refractivity contribution is -0.359. The van der Waals surface area contributed by atoms with Crippen LogP contribution in [0.3, 0.4) is 0 Å². The lowest BCUT2D eigenvalue weighted by atomic mass is 9.97. The number of ether oxygens (including phenoxy) is 6. The number of benzene rings is 1. The Bertz CT molecular complexity index is 633. The predicted molar refractivity (Wildman–Crippen MR) is 86.8 cm³/mol. The topological polar surface area (TPSA) is 89.5 Å². The van der Waals surface area contributed by atoms with Crippen molar-refractivity contribution in [3.8, 4) is 0 Å². The summed E-state index contributed by atoms with van der Waals surface area (Å²) in [6.07, 6.45) is -4.57. The molecule has 2 heterocycles. The van der Waals surface area contributed by atoms with Gasteiger partial charge in [-0.25, -0.2) is 0 Å². The predicted octanol–water partition coefficient (Wildman–Crippen LogP) is 1.34. The lowest BCUT2D eigenvalue weighted by Crippen LogP contribution is -2.64. The molecular formula is C18H22O8. The second kappa shape index (κ2) is 8.13. The summed E-state index contributed by atoms with van der Waals surface area (Å²) in [7, 11) is 1.42. The number of methoxy groups -OCH3 is 1. The van der Waals surface area contributed by atoms with E-state index < -0.39 is 48.9 Å². The molecule has 3 rings (SSSR count). The Hall–Kier alpha value is -2.00. The van der Waals surface area contributed by atoms with Gasteiger partial charge in [-0.1, -0.05) is 30.3 Å². The number of carbonyl (C=O) groups is 2. The molecule has 142 valence electrons. The van der Waals surface area contributed by atoms with Gasteiger partial charge in [-0.05, 0) is 0 Å². The first-order valence-electron chi connectivity index (χ1n) is 8.34. The highest BCUT2D eigenvalue weighted by Crippen LogP contribution is 2.36. The van der Waals surface area contributed by atoms with E-state index in [1.165, 1.54) is 21.0 Å². The molecule has 0 N–H and O–H groups in total. The fourth-order valence-corrected chi connectivity index (χ4v) is 3.16. The minimum absolute atomic E-state index is 0.217. The van der Waals surface area contributed by atoms with E-state index in [1.54, 1.807) is 0 Å². The van der Waals surface area contributed by atoms with Crippen molar-refractivity contribution in [3.05, 3.63) is 35.9 Å². The molecule has 2 aliphatic heterocycles. The van der Waals surface area contributed by atoms with Crippen LogP contribution in [-0.4, -0.2) is 56.4 Å². The quantitative estimate of drug-likeness (QED) is 0.738. The van der Waals surface area contributed by atoms with Crippen molar-refractivity contribution in [2.75, 3.05) is 13.7 Å². The highest BCUT2D eigenvalue weighted by atomic mass is 16.8. The van der Waals surface area contributed by atoms with Gasteiger partial charge in [0.25, 0.3) is 0 Å². The number of hydrogen-bond donors (Lipinski definition) is 0. The van der Waals surface area contributed by atoms with Crippen molar-refractivity contribution in [2.45, 2.75) is 50.8 Å². The highest BCUT2D eigenvalue weighted by Gasteiger charge is 2.53. The van der Waals surface area contributed by atoms with Crippen molar-refractivity contribution < 1.29 is 38.0 Å². The number of carbonyl (C=O) groups excluding carboxylic acids is 2. The molecule has 0 amide bonds. The van der Waals surface area contributed by atoms with E-state index in [2.05, 4.69) is 0 Å². The lowest BCUT2D eigenvalue weighted by Gasteiger charge is -2.47. The fourth-order valence-electron chi connectivity index (χ4n) is 3.16. The first-order valence-corrected chi connectivity index (χ1v) is 8.34. The Morgan fingerprint density at radius 2 is 1.65 bits per heavy atom. The van der Waals surface area contributed by atoms with Crippen LogP contribution in [0, 0.1) is 0 Å². The third-order valence-electron chi connectivity index (χ3n) is 4.19. The highest BCUT2D eigenvalue weighted by molar-refractivity contribution is 5.67. The molecule has 6 atom stereocenters. The van der Waals surface area contributed by atoms with Gasteiger partial charge in [-0.15, -0.1) is 0 Å². The molecule has 2 aliphatic rings. The summed E-state index contributed by atoms with van der Waals surface area (Å²) >= 11 is 0. The van der Waals surface area contributed by atoms with Gasteiger partial charge in [0.15, 0.2) is 24.8 Å². The molecule has 1 aromatic carbocycles. The minimum atomic E-state index is -0.947. The standard InChI is InChI=1S/C18H22O8/c1-10(19)23-15-14-13(25-18(21-3)16(15)24-11(2)20)9-22-17(26-14)12-7-5-4-6-8-12/h4-8,13-18H,9H2,1-3H3/t13-,14-,15-,16-,17?,18+/m1/s1. The van der Waals surface area contributed by atoms with Crippen molar-refractivity contribution in [1.82, 2.24) is 0 Å². The third kappa shape index (κ3) is 4.04. The molecule has 0 saturated carbocycles. The second-order valence-corrected chi connectivity index (χ2v) is 6.10. The van der Waals surface area contributed by atoms with E-state index in [0.717, 1.165) is 5.56 Å². The summed E-state index contributed by atoms with van der Waals surface area (Å²) in [5.41, 5.74) is 0.824. The van der Waals surface area contributed by atoms with Gasteiger partial charge in [0, 0.05) is 26.5 Å². The maximum atomic E-state index is 11.6. The monoisotopic (exact) mass is 366 g/mol. The largest absolute Gasteiger partial charge is 0.455 e. The van der Waals surface area contributed by atoms with Crippen LogP contribution in [0.2, 0.25) is 0 Å². The van der Waals surface area contributed by atoms with Gasteiger partial charge >= 0.3 is 11.9 Å². The van der Waals surface area contributed by atoms with E-state index in [1.807, 2.05) is 30.3 Å². The number of rotatable bonds is 4. The Morgan fingerprint density at radius 3 is 2.27 bits per heavy atom. The third-order valence-corrected chi connectivity index (χ3v) is 4.19. The maximum Gasteiger partial charge on any atom is 0.303 e. The van der Waals surface area contributed by atoms with Crippen LogP contribution in [0.25, 0.3) is 0 Å². The van der Waals surface area contributed by atoms with Crippen LogP contribution in [-0.2, 0) is 38.0 Å². The second-order valence-electron chi connectivity index (χ2n) is 6.10. The van der Waals surface area contributed by atoms with Crippen LogP contribution in [0.1, 0.15) is 25.7 Å². The molecule has 0 aliphatic carbocycles. The Kier molecular flexibility index (Phi) is 5.87. The first kappa shape index (κ1) is 18.8. The molecule has 2 saturated heterocycles. The number of hydrogen-bond acceptors (Lipinski definition) is 8. The molecule has 0 radical (unpaired) electrons. The molecule has 2 fully saturated rings. The first-order chi connectivity index (χ1) is 12.5. The van der Waals surface area contributed by atoms with E-state index in [9.17, 15) is 9.59 Å². The van der Waals surface area contributed by atoms with E-state index in [4.69, 9.17) is 28.4 Å². The molecular weight excluding hydrogens is 344 g/mol. The van der Waals surface area contributed by atoms with Crippen molar-refractivity contribution in [1.29, 1.82) is 0 Å². The van der Waals surface area contributed by atoms with E-state index >= 15 is 0 Å². The zero-order valence-corrected chi connectivity index (χ0v) is 14.8. The van der Waals surface area contributed by atoms with Crippen LogP contribution < -0.4 is 0 Å². The maximum absolute atomic E-state index is 11.6. The van der Waals surface area contributed by atoms with Gasteiger partial charge < -0.3 is 28.4 Å². The summed E-state index contributed by atoms with van der Waals surface area (Å²) in [6, 6.07) is 9.38. The van der Waals surface area contributed by atoms with Gasteiger partial charge in [-0.2, -0.15) is 0 Å². The molecule has 0 aromatic heterocycles. The molecule has 8 heteroatoms. The van der Waals surface area contributed by atoms with Crippen LogP contribution in [0.15, 0.2) is 30.3 Å². The van der Waals surface area contributed by atoms with Crippen molar-refractivity contribution in [3.63, 3.8) is 0 Å². The molecule has 26 heavy (non-hydrogen) atoms. The van der Waals surface area contributed by atoms with Crippen LogP contribution in [0.4, 0.5) is 0 Å². The summed E-state index contributed by atoms with van der Waals surface area (Å²) in [5, 5.41) is 0. The Morgan fingerprint density at radius 1 is 1.00 bits per heavy atom. The molecule has 1 aromatic rings. The number of esters is 2. The molecule has 0 spiro atoms. The van der Waals surface area contributed by atoms with Crippen molar-refractivity contribution in [2.24, 2.45) is 0 Å².